The first-order chi connectivity index (χ1) is 20.7. The first-order valence-electron chi connectivity index (χ1n) is 13.7. The van der Waals surface area contributed by atoms with Crippen LogP contribution in [0.1, 0.15) is 26.3 Å². The normalized spacial score (nSPS) is 19.5. The van der Waals surface area contributed by atoms with E-state index in [4.69, 9.17) is 28.9 Å². The largest absolute Gasteiger partial charge is 0.489 e. The van der Waals surface area contributed by atoms with Crippen molar-refractivity contribution in [3.05, 3.63) is 35.3 Å². The van der Waals surface area contributed by atoms with E-state index in [0.717, 1.165) is 20.7 Å². The van der Waals surface area contributed by atoms with Crippen molar-refractivity contribution in [2.75, 3.05) is 78.4 Å². The van der Waals surface area contributed by atoms with Crippen molar-refractivity contribution in [1.29, 1.82) is 0 Å². The van der Waals surface area contributed by atoms with Gasteiger partial charge in [-0.05, 0) is 45.6 Å². The molecule has 44 heavy (non-hydrogen) atoms. The lowest BCUT2D eigenvalue weighted by Gasteiger charge is -2.29. The Morgan fingerprint density at radius 1 is 1.20 bits per heavy atom. The number of rotatable bonds is 7. The minimum Gasteiger partial charge on any atom is -0.489 e. The van der Waals surface area contributed by atoms with Crippen LogP contribution in [-0.2, 0) is 39.9 Å². The van der Waals surface area contributed by atoms with Crippen LogP contribution in [0.3, 0.4) is 0 Å². The van der Waals surface area contributed by atoms with Gasteiger partial charge < -0.3 is 39.1 Å². The second-order valence-electron chi connectivity index (χ2n) is 10.4. The summed E-state index contributed by atoms with van der Waals surface area (Å²) in [6.45, 7) is 9.77. The van der Waals surface area contributed by atoms with Crippen LogP contribution < -0.4 is 15.8 Å². The van der Waals surface area contributed by atoms with Crippen LogP contribution in [0.15, 0.2) is 34.7 Å². The molecule has 1 heterocycles. The summed E-state index contributed by atoms with van der Waals surface area (Å²) in [5, 5.41) is 2.69. The fraction of sp³-hybridized carbons (Fsp3) is 0.593. The number of carbonyl (C=O) groups is 2. The third-order valence-corrected chi connectivity index (χ3v) is 8.27. The van der Waals surface area contributed by atoms with Gasteiger partial charge in [-0.3, -0.25) is 9.79 Å². The Kier molecular flexibility index (Phi) is 14.7. The summed E-state index contributed by atoms with van der Waals surface area (Å²) in [7, 11) is -1.45. The highest BCUT2D eigenvalue weighted by Crippen LogP contribution is 2.31. The summed E-state index contributed by atoms with van der Waals surface area (Å²) in [4.78, 5) is 31.2. The second kappa shape index (κ2) is 17.4. The molecule has 248 valence electrons. The molecule has 0 aliphatic carbocycles. The standard InChI is InChI=1S/C27H44N6O9S2/c1-27(2,3)42-26(35)31(5)19-20-9-8-10-21-23(20)40-18-17-39-16-15-38-13-11-33(12-14-41-43-7)44(36,37)32(6)24(28)22(29-4)25(34)30-21/h8-10H,4,11-19,28H2,1-3,5-7H3,(H,30,34)/b24-22-. The van der Waals surface area contributed by atoms with Crippen LogP contribution in [0.4, 0.5) is 10.5 Å². The highest BCUT2D eigenvalue weighted by atomic mass is 32.2. The SMILES string of the molecule is C=N/C1=C(/N)N(C)S(=O)(=O)N(CCOSC)CCOCCOCCOc2c(CN(C)C(=O)OC(C)(C)C)cccc2NC1=O. The van der Waals surface area contributed by atoms with E-state index in [2.05, 4.69) is 17.0 Å². The lowest BCUT2D eigenvalue weighted by molar-refractivity contribution is -0.113. The molecule has 0 atom stereocenters. The van der Waals surface area contributed by atoms with E-state index in [0.29, 0.717) is 5.56 Å². The molecule has 0 saturated carbocycles. The molecule has 0 radical (unpaired) electrons. The number of carbonyl (C=O) groups excluding carboxylic acids is 2. The van der Waals surface area contributed by atoms with Gasteiger partial charge in [-0.1, -0.05) is 12.1 Å². The van der Waals surface area contributed by atoms with Crippen molar-refractivity contribution in [3.8, 4) is 5.75 Å². The van der Waals surface area contributed by atoms with Gasteiger partial charge in [0.25, 0.3) is 5.91 Å². The molecule has 2 amide bonds. The number of amides is 2. The molecule has 0 saturated heterocycles. The molecular formula is C27H44N6O9S2. The zero-order valence-corrected chi connectivity index (χ0v) is 27.8. The summed E-state index contributed by atoms with van der Waals surface area (Å²) in [6, 6.07) is 4.99. The number of para-hydroxylation sites is 1. The van der Waals surface area contributed by atoms with E-state index in [1.54, 1.807) is 52.3 Å². The first-order valence-corrected chi connectivity index (χ1v) is 16.3. The van der Waals surface area contributed by atoms with Crippen LogP contribution in [0, 0.1) is 0 Å². The highest BCUT2D eigenvalue weighted by molar-refractivity contribution is 7.93. The molecule has 15 nitrogen and oxygen atoms in total. The van der Waals surface area contributed by atoms with Crippen molar-refractivity contribution in [2.45, 2.75) is 32.9 Å². The van der Waals surface area contributed by atoms with Crippen molar-refractivity contribution < 1.29 is 41.1 Å². The quantitative estimate of drug-likeness (QED) is 0.249. The maximum absolute atomic E-state index is 13.5. The van der Waals surface area contributed by atoms with Gasteiger partial charge in [0.1, 0.15) is 23.8 Å². The Morgan fingerprint density at radius 3 is 2.50 bits per heavy atom. The number of hydrogen-bond donors (Lipinski definition) is 2. The van der Waals surface area contributed by atoms with Gasteiger partial charge in [-0.25, -0.2) is 9.10 Å². The molecule has 1 aliphatic heterocycles. The van der Waals surface area contributed by atoms with E-state index < -0.39 is 39.3 Å². The summed E-state index contributed by atoms with van der Waals surface area (Å²) in [5.74, 6) is -1.02. The fourth-order valence-corrected chi connectivity index (χ4v) is 5.32. The number of nitrogens with two attached hydrogens (primary N) is 1. The van der Waals surface area contributed by atoms with Gasteiger partial charge in [0.05, 0.1) is 45.3 Å². The second-order valence-corrected chi connectivity index (χ2v) is 12.9. The van der Waals surface area contributed by atoms with Crippen LogP contribution in [0.25, 0.3) is 0 Å². The molecule has 0 unspecified atom stereocenters. The molecule has 0 aromatic heterocycles. The van der Waals surface area contributed by atoms with Crippen molar-refractivity contribution >= 4 is 46.7 Å². The number of fused-ring (bicyclic) bond motifs is 1. The van der Waals surface area contributed by atoms with E-state index in [1.807, 2.05) is 0 Å². The van der Waals surface area contributed by atoms with Crippen molar-refractivity contribution in [3.63, 3.8) is 0 Å². The fourth-order valence-electron chi connectivity index (χ4n) is 3.79. The van der Waals surface area contributed by atoms with Crippen LogP contribution >= 0.6 is 12.0 Å². The van der Waals surface area contributed by atoms with Crippen molar-refractivity contribution in [2.24, 2.45) is 10.7 Å². The van der Waals surface area contributed by atoms with E-state index in [-0.39, 0.29) is 70.7 Å². The number of nitrogens with one attached hydrogen (secondary N) is 1. The van der Waals surface area contributed by atoms with E-state index in [9.17, 15) is 18.0 Å². The Balaban J connectivity index is 2.49. The number of hydrogen-bond acceptors (Lipinski definition) is 12. The lowest BCUT2D eigenvalue weighted by atomic mass is 10.1. The lowest BCUT2D eigenvalue weighted by Crippen LogP contribution is -2.46. The highest BCUT2D eigenvalue weighted by Gasteiger charge is 2.31. The van der Waals surface area contributed by atoms with Gasteiger partial charge in [0.15, 0.2) is 5.70 Å². The van der Waals surface area contributed by atoms with Gasteiger partial charge in [0, 0.05) is 39.0 Å². The molecule has 1 aliphatic rings. The molecule has 1 aromatic carbocycles. The maximum atomic E-state index is 13.5. The van der Waals surface area contributed by atoms with Gasteiger partial charge in [0.2, 0.25) is 0 Å². The Labute approximate surface area is 264 Å². The minimum absolute atomic E-state index is 0.00224. The summed E-state index contributed by atoms with van der Waals surface area (Å²) >= 11 is 1.10. The minimum atomic E-state index is -4.24. The zero-order valence-electron chi connectivity index (χ0n) is 26.2. The van der Waals surface area contributed by atoms with E-state index in [1.165, 1.54) is 11.9 Å². The smallest absolute Gasteiger partial charge is 0.410 e. The molecule has 0 bridgehead atoms. The molecule has 0 fully saturated rings. The van der Waals surface area contributed by atoms with Crippen LogP contribution in [0.5, 0.6) is 5.75 Å². The predicted octanol–water partition coefficient (Wildman–Crippen LogP) is 2.02. The average molecular weight is 661 g/mol. The summed E-state index contributed by atoms with van der Waals surface area (Å²) in [6.07, 6.45) is 1.17. The number of anilines is 1. The molecule has 2 rings (SSSR count). The maximum Gasteiger partial charge on any atom is 0.410 e. The number of aliphatic imine (C=N–C) groups is 1. The Morgan fingerprint density at radius 2 is 1.86 bits per heavy atom. The summed E-state index contributed by atoms with van der Waals surface area (Å²) in [5.41, 5.74) is 5.86. The average Bonchev–Trinajstić information content (AvgIpc) is 2.94. The number of benzene rings is 1. The van der Waals surface area contributed by atoms with Crippen LogP contribution in [0.2, 0.25) is 0 Å². The predicted molar refractivity (Wildman–Crippen MR) is 168 cm³/mol. The van der Waals surface area contributed by atoms with Crippen LogP contribution in [-0.4, -0.2) is 119 Å². The summed E-state index contributed by atoms with van der Waals surface area (Å²) < 4.78 is 56.9. The van der Waals surface area contributed by atoms with Gasteiger partial charge in [-0.15, -0.1) is 0 Å². The number of nitrogens with zero attached hydrogens (tertiary/aromatic N) is 4. The van der Waals surface area contributed by atoms with Gasteiger partial charge >= 0.3 is 16.3 Å². The molecule has 1 aromatic rings. The zero-order chi connectivity index (χ0) is 32.9. The molecule has 17 heteroatoms. The Bertz CT molecular complexity index is 1270. The third-order valence-electron chi connectivity index (χ3n) is 5.96. The van der Waals surface area contributed by atoms with Crippen molar-refractivity contribution in [1.82, 2.24) is 13.5 Å². The first kappa shape index (κ1) is 37.1. The molecular weight excluding hydrogens is 616 g/mol. The molecule has 0 spiro atoms. The molecule has 3 N–H and O–H groups in total. The third kappa shape index (κ3) is 11.1. The van der Waals surface area contributed by atoms with Gasteiger partial charge in [-0.2, -0.15) is 12.7 Å². The Hall–Kier alpha value is -3.09. The number of ether oxygens (including phenoxy) is 4. The van der Waals surface area contributed by atoms with E-state index >= 15 is 0 Å². The monoisotopic (exact) mass is 660 g/mol. The topological polar surface area (TPSA) is 175 Å².